The van der Waals surface area contributed by atoms with Crippen LogP contribution in [0.3, 0.4) is 0 Å². The van der Waals surface area contributed by atoms with Crippen LogP contribution in [0.5, 0.6) is 0 Å². The van der Waals surface area contributed by atoms with Gasteiger partial charge >= 0.3 is 13.2 Å². The van der Waals surface area contributed by atoms with Gasteiger partial charge < -0.3 is 0 Å². The van der Waals surface area contributed by atoms with Crippen LogP contribution in [0.25, 0.3) is 0 Å². The van der Waals surface area contributed by atoms with Gasteiger partial charge in [0.05, 0.1) is 17.8 Å². The summed E-state index contributed by atoms with van der Waals surface area (Å²) in [6.45, 7) is 1.46. The number of benzene rings is 1. The Kier molecular flexibility index (Phi) is 5.79. The Morgan fingerprint density at radius 2 is 1.70 bits per heavy atom. The highest BCUT2D eigenvalue weighted by molar-refractivity contribution is 7.97. The summed E-state index contributed by atoms with van der Waals surface area (Å²) in [7, 11) is -11.2. The molecule has 0 aliphatic rings. The average molecular weight is 341 g/mol. The van der Waals surface area contributed by atoms with Gasteiger partial charge in [-0.25, -0.2) is 12.6 Å². The van der Waals surface area contributed by atoms with Crippen molar-refractivity contribution in [3.8, 4) is 0 Å². The molecule has 0 heterocycles. The third-order valence-corrected chi connectivity index (χ3v) is 6.70. The smallest absolute Gasteiger partial charge is 0.216 e. The molecule has 0 aromatic heterocycles. The van der Waals surface area contributed by atoms with E-state index in [4.69, 9.17) is 4.52 Å². The Labute approximate surface area is 118 Å². The molecule has 1 aromatic rings. The van der Waals surface area contributed by atoms with Crippen LogP contribution in [0.4, 0.5) is 0 Å². The summed E-state index contributed by atoms with van der Waals surface area (Å²) < 4.78 is 67.8. The summed E-state index contributed by atoms with van der Waals surface area (Å²) in [6, 6.07) is 7.01. The van der Waals surface area contributed by atoms with E-state index in [1.165, 1.54) is 31.2 Å². The second-order valence-electron chi connectivity index (χ2n) is 3.67. The van der Waals surface area contributed by atoms with Gasteiger partial charge in [0, 0.05) is 0 Å². The number of rotatable bonds is 7. The van der Waals surface area contributed by atoms with Crippen LogP contribution < -0.4 is 0 Å². The number of sulfone groups is 1. The minimum absolute atomic E-state index is 0.0386. The van der Waals surface area contributed by atoms with Crippen LogP contribution in [0, 0.1) is 0 Å². The van der Waals surface area contributed by atoms with E-state index in [0.717, 1.165) is 0 Å². The maximum atomic E-state index is 12.3. The predicted octanol–water partition coefficient (Wildman–Crippen LogP) is 1.50. The topological polar surface area (TPSA) is 104 Å². The SMILES string of the molecule is CCO[P+](=O)C(OS(C)(=O)=O)S(=O)(=O)c1ccccc1. The molecule has 1 rings (SSSR count). The highest BCUT2D eigenvalue weighted by Crippen LogP contribution is 2.38. The molecule has 20 heavy (non-hydrogen) atoms. The second kappa shape index (κ2) is 6.73. The van der Waals surface area contributed by atoms with Gasteiger partial charge in [-0.05, 0) is 23.6 Å². The largest absolute Gasteiger partial charge is 0.559 e. The first-order valence-electron chi connectivity index (χ1n) is 5.45. The summed E-state index contributed by atoms with van der Waals surface area (Å²) in [6.07, 6.45) is 0.676. The second-order valence-corrected chi connectivity index (χ2v) is 8.91. The van der Waals surface area contributed by atoms with Gasteiger partial charge in [-0.1, -0.05) is 18.2 Å². The van der Waals surface area contributed by atoms with E-state index in [2.05, 4.69) is 4.18 Å². The molecule has 0 saturated carbocycles. The average Bonchev–Trinajstić information content (AvgIpc) is 2.36. The Hall–Kier alpha value is -0.860. The van der Waals surface area contributed by atoms with Crippen LogP contribution in [0.15, 0.2) is 35.2 Å². The van der Waals surface area contributed by atoms with Crippen molar-refractivity contribution in [2.24, 2.45) is 0 Å². The third-order valence-electron chi connectivity index (χ3n) is 2.02. The lowest BCUT2D eigenvalue weighted by molar-refractivity contribution is 0.290. The van der Waals surface area contributed by atoms with E-state index >= 15 is 0 Å². The molecule has 0 aliphatic heterocycles. The first kappa shape index (κ1) is 17.2. The third kappa shape index (κ3) is 4.60. The first-order chi connectivity index (χ1) is 9.18. The van der Waals surface area contributed by atoms with Crippen molar-refractivity contribution >= 4 is 28.0 Å². The molecule has 10 heteroatoms. The molecule has 0 N–H and O–H groups in total. The minimum Gasteiger partial charge on any atom is -0.216 e. The zero-order chi connectivity index (χ0) is 15.4. The summed E-state index contributed by atoms with van der Waals surface area (Å²) in [5.41, 5.74) is 0. The van der Waals surface area contributed by atoms with Crippen molar-refractivity contribution in [3.05, 3.63) is 30.3 Å². The maximum Gasteiger partial charge on any atom is 0.559 e. The standard InChI is InChI=1S/C10H14O7PS2/c1-3-16-18(11)10(17-19(2,12)13)20(14,15)9-7-5-4-6-8-9/h4-8,10H,3H2,1-2H3/q+1. The number of hydrogen-bond acceptors (Lipinski definition) is 7. The summed E-state index contributed by atoms with van der Waals surface area (Å²) in [4.78, 5) is -0.197. The van der Waals surface area contributed by atoms with Gasteiger partial charge in [0.15, 0.2) is 0 Å². The van der Waals surface area contributed by atoms with E-state index in [9.17, 15) is 21.4 Å². The molecule has 0 radical (unpaired) electrons. The van der Waals surface area contributed by atoms with Crippen LogP contribution in [0.2, 0.25) is 0 Å². The molecule has 0 spiro atoms. The zero-order valence-corrected chi connectivity index (χ0v) is 13.3. The Morgan fingerprint density at radius 3 is 2.15 bits per heavy atom. The van der Waals surface area contributed by atoms with Gasteiger partial charge in [0.2, 0.25) is 0 Å². The van der Waals surface area contributed by atoms with Crippen LogP contribution in [0.1, 0.15) is 6.92 Å². The maximum absolute atomic E-state index is 12.3. The molecule has 2 atom stereocenters. The van der Waals surface area contributed by atoms with Crippen molar-refractivity contribution in [2.75, 3.05) is 12.9 Å². The molecule has 0 aliphatic carbocycles. The lowest BCUT2D eigenvalue weighted by atomic mass is 10.4. The van der Waals surface area contributed by atoms with Crippen LogP contribution in [-0.2, 0) is 33.2 Å². The lowest BCUT2D eigenvalue weighted by Crippen LogP contribution is -2.25. The first-order valence-corrected chi connectivity index (χ1v) is 10.1. The highest BCUT2D eigenvalue weighted by atomic mass is 32.2. The summed E-state index contributed by atoms with van der Waals surface area (Å²) in [5.74, 6) is 0. The Balaban J connectivity index is 3.26. The van der Waals surface area contributed by atoms with Crippen molar-refractivity contribution in [1.29, 1.82) is 0 Å². The van der Waals surface area contributed by atoms with Crippen LogP contribution in [-0.4, -0.2) is 34.9 Å². The Morgan fingerprint density at radius 1 is 1.15 bits per heavy atom. The van der Waals surface area contributed by atoms with Gasteiger partial charge in [0.1, 0.15) is 0 Å². The predicted molar refractivity (Wildman–Crippen MR) is 72.6 cm³/mol. The quantitative estimate of drug-likeness (QED) is 0.547. The molecule has 112 valence electrons. The molecule has 0 amide bonds. The Bertz CT molecular complexity index is 667. The minimum atomic E-state index is -4.27. The van der Waals surface area contributed by atoms with Crippen molar-refractivity contribution < 1.29 is 30.1 Å². The van der Waals surface area contributed by atoms with E-state index in [1.807, 2.05) is 0 Å². The van der Waals surface area contributed by atoms with Crippen molar-refractivity contribution in [3.63, 3.8) is 0 Å². The molecule has 0 fully saturated rings. The van der Waals surface area contributed by atoms with Crippen molar-refractivity contribution in [1.82, 2.24) is 0 Å². The molecule has 1 aromatic carbocycles. The monoisotopic (exact) mass is 341 g/mol. The van der Waals surface area contributed by atoms with E-state index in [1.54, 1.807) is 6.07 Å². The summed E-state index contributed by atoms with van der Waals surface area (Å²) >= 11 is 0. The van der Waals surface area contributed by atoms with E-state index in [-0.39, 0.29) is 11.5 Å². The number of hydrogen-bond donors (Lipinski definition) is 0. The molecule has 0 saturated heterocycles. The molecule has 2 unspecified atom stereocenters. The molecular formula is C10H14O7PS2+. The lowest BCUT2D eigenvalue weighted by Gasteiger charge is -2.07. The zero-order valence-electron chi connectivity index (χ0n) is 10.8. The van der Waals surface area contributed by atoms with Gasteiger partial charge in [-0.3, -0.25) is 0 Å². The fourth-order valence-corrected chi connectivity index (χ4v) is 5.76. The van der Waals surface area contributed by atoms with Crippen molar-refractivity contribution in [2.45, 2.75) is 17.0 Å². The molecular weight excluding hydrogens is 327 g/mol. The molecule has 0 bridgehead atoms. The summed E-state index contributed by atoms with van der Waals surface area (Å²) in [5, 5.41) is -2.10. The highest BCUT2D eigenvalue weighted by Gasteiger charge is 2.49. The van der Waals surface area contributed by atoms with E-state index < -0.39 is 33.2 Å². The van der Waals surface area contributed by atoms with Crippen LogP contribution >= 0.6 is 8.03 Å². The van der Waals surface area contributed by atoms with Gasteiger partial charge in [-0.2, -0.15) is 8.42 Å². The normalized spacial score (nSPS) is 14.8. The fourth-order valence-electron chi connectivity index (χ4n) is 1.26. The fraction of sp³-hybridized carbons (Fsp3) is 0.400. The van der Waals surface area contributed by atoms with Gasteiger partial charge in [0.25, 0.3) is 20.0 Å². The van der Waals surface area contributed by atoms with Gasteiger partial charge in [-0.15, -0.1) is 4.52 Å². The molecule has 7 nitrogen and oxygen atoms in total. The van der Waals surface area contributed by atoms with E-state index in [0.29, 0.717) is 6.26 Å².